The lowest BCUT2D eigenvalue weighted by molar-refractivity contribution is -0.122. The van der Waals surface area contributed by atoms with E-state index in [-0.39, 0.29) is 34.3 Å². The Morgan fingerprint density at radius 3 is 2.59 bits per heavy atom. The normalized spacial score (nSPS) is 15.3. The molecule has 29 heavy (non-hydrogen) atoms. The molecule has 3 rings (SSSR count). The zero-order chi connectivity index (χ0) is 21.0. The Morgan fingerprint density at radius 2 is 1.93 bits per heavy atom. The molecule has 0 bridgehead atoms. The van der Waals surface area contributed by atoms with E-state index in [0.717, 1.165) is 11.8 Å². The van der Waals surface area contributed by atoms with Gasteiger partial charge in [-0.1, -0.05) is 29.8 Å². The number of ether oxygens (including phenoxy) is 2. The second kappa shape index (κ2) is 9.33. The molecule has 2 aromatic rings. The highest BCUT2D eigenvalue weighted by atomic mass is 35.5. The fourth-order valence-corrected chi connectivity index (χ4v) is 3.94. The molecule has 1 heterocycles. The van der Waals surface area contributed by atoms with Crippen molar-refractivity contribution in [3.05, 3.63) is 63.3 Å². The van der Waals surface area contributed by atoms with Crippen LogP contribution in [0.3, 0.4) is 0 Å². The molecule has 1 aliphatic rings. The lowest BCUT2D eigenvalue weighted by Crippen LogP contribution is -2.27. The van der Waals surface area contributed by atoms with Crippen LogP contribution in [0.1, 0.15) is 25.0 Å². The van der Waals surface area contributed by atoms with Gasteiger partial charge in [-0.3, -0.25) is 14.5 Å². The van der Waals surface area contributed by atoms with Crippen LogP contribution in [-0.2, 0) is 11.4 Å². The second-order valence-electron chi connectivity index (χ2n) is 6.07. The predicted molar refractivity (Wildman–Crippen MR) is 112 cm³/mol. The van der Waals surface area contributed by atoms with Gasteiger partial charge in [0.2, 0.25) is 0 Å². The first-order valence-corrected chi connectivity index (χ1v) is 10.2. The van der Waals surface area contributed by atoms with Crippen LogP contribution in [0.2, 0.25) is 5.02 Å². The number of imide groups is 1. The maximum atomic E-state index is 13.8. The summed E-state index contributed by atoms with van der Waals surface area (Å²) in [6.07, 6.45) is 1.59. The van der Waals surface area contributed by atoms with Crippen molar-refractivity contribution in [3.8, 4) is 11.5 Å². The minimum Gasteiger partial charge on any atom is -0.490 e. The number of amides is 2. The van der Waals surface area contributed by atoms with E-state index in [1.165, 1.54) is 11.0 Å². The third-order valence-electron chi connectivity index (χ3n) is 4.15. The lowest BCUT2D eigenvalue weighted by atomic mass is 10.1. The molecule has 1 saturated heterocycles. The molecule has 0 aliphatic carbocycles. The van der Waals surface area contributed by atoms with Crippen molar-refractivity contribution in [1.29, 1.82) is 0 Å². The van der Waals surface area contributed by atoms with Crippen molar-refractivity contribution in [2.75, 3.05) is 13.2 Å². The third-order valence-corrected chi connectivity index (χ3v) is 5.34. The molecule has 2 amide bonds. The summed E-state index contributed by atoms with van der Waals surface area (Å²) in [5.41, 5.74) is 0.988. The minimum atomic E-state index is -0.371. The molecule has 152 valence electrons. The number of likely N-dealkylation sites (N-methyl/N-ethyl adjacent to an activating group) is 1. The van der Waals surface area contributed by atoms with E-state index in [2.05, 4.69) is 0 Å². The van der Waals surface area contributed by atoms with Crippen LogP contribution in [0.4, 0.5) is 9.18 Å². The first-order valence-electron chi connectivity index (χ1n) is 9.02. The largest absolute Gasteiger partial charge is 0.490 e. The van der Waals surface area contributed by atoms with Gasteiger partial charge in [0.25, 0.3) is 11.1 Å². The standard InChI is InChI=1S/C21H19ClFNO4S/c1-3-24-20(25)18(29-21(24)26)11-13-9-15(22)19(17(10-13)27-4-2)28-12-14-7-5-6-8-16(14)23/h5-11H,3-4,12H2,1-2H3/b18-11-. The molecule has 2 aromatic carbocycles. The molecule has 0 unspecified atom stereocenters. The van der Waals surface area contributed by atoms with E-state index in [1.807, 2.05) is 6.92 Å². The minimum absolute atomic E-state index is 0.0127. The monoisotopic (exact) mass is 435 g/mol. The van der Waals surface area contributed by atoms with Crippen molar-refractivity contribution < 1.29 is 23.5 Å². The quantitative estimate of drug-likeness (QED) is 0.536. The Balaban J connectivity index is 1.89. The number of benzene rings is 2. The van der Waals surface area contributed by atoms with Gasteiger partial charge in [-0.05, 0) is 55.4 Å². The van der Waals surface area contributed by atoms with Gasteiger partial charge in [0.05, 0.1) is 16.5 Å². The fourth-order valence-electron chi connectivity index (χ4n) is 2.76. The number of rotatable bonds is 7. The number of hydrogen-bond acceptors (Lipinski definition) is 5. The van der Waals surface area contributed by atoms with Gasteiger partial charge in [0.15, 0.2) is 11.5 Å². The zero-order valence-electron chi connectivity index (χ0n) is 15.9. The van der Waals surface area contributed by atoms with E-state index >= 15 is 0 Å². The molecule has 1 fully saturated rings. The highest BCUT2D eigenvalue weighted by Crippen LogP contribution is 2.39. The maximum Gasteiger partial charge on any atom is 0.293 e. The Kier molecular flexibility index (Phi) is 6.82. The zero-order valence-corrected chi connectivity index (χ0v) is 17.5. The van der Waals surface area contributed by atoms with Gasteiger partial charge >= 0.3 is 0 Å². The Morgan fingerprint density at radius 1 is 1.17 bits per heavy atom. The van der Waals surface area contributed by atoms with Crippen LogP contribution in [0, 0.1) is 5.82 Å². The van der Waals surface area contributed by atoms with Gasteiger partial charge < -0.3 is 9.47 Å². The van der Waals surface area contributed by atoms with Gasteiger partial charge in [-0.2, -0.15) is 0 Å². The van der Waals surface area contributed by atoms with Crippen LogP contribution in [0.25, 0.3) is 6.08 Å². The molecule has 5 nitrogen and oxygen atoms in total. The Bertz CT molecular complexity index is 979. The number of carbonyl (C=O) groups is 2. The van der Waals surface area contributed by atoms with E-state index in [9.17, 15) is 14.0 Å². The summed E-state index contributed by atoms with van der Waals surface area (Å²) in [5.74, 6) is -0.0470. The molecule has 0 spiro atoms. The topological polar surface area (TPSA) is 55.8 Å². The van der Waals surface area contributed by atoms with Gasteiger partial charge in [0, 0.05) is 12.1 Å². The van der Waals surface area contributed by atoms with Crippen LogP contribution < -0.4 is 9.47 Å². The molecule has 0 atom stereocenters. The number of hydrogen-bond donors (Lipinski definition) is 0. The van der Waals surface area contributed by atoms with E-state index in [1.54, 1.807) is 43.3 Å². The molecule has 0 aromatic heterocycles. The SMILES string of the molecule is CCOc1cc(/C=C2\SC(=O)N(CC)C2=O)cc(Cl)c1OCc1ccccc1F. The van der Waals surface area contributed by atoms with Crippen molar-refractivity contribution in [1.82, 2.24) is 4.90 Å². The Hall–Kier alpha value is -2.51. The van der Waals surface area contributed by atoms with Crippen LogP contribution in [0.5, 0.6) is 11.5 Å². The maximum absolute atomic E-state index is 13.8. The number of nitrogens with zero attached hydrogens (tertiary/aromatic N) is 1. The van der Waals surface area contributed by atoms with Crippen LogP contribution in [0.15, 0.2) is 41.3 Å². The highest BCUT2D eigenvalue weighted by molar-refractivity contribution is 8.18. The third kappa shape index (κ3) is 4.74. The summed E-state index contributed by atoms with van der Waals surface area (Å²) in [7, 11) is 0. The van der Waals surface area contributed by atoms with Gasteiger partial charge in [-0.15, -0.1) is 0 Å². The van der Waals surface area contributed by atoms with Gasteiger partial charge in [0.1, 0.15) is 12.4 Å². The van der Waals surface area contributed by atoms with Crippen molar-refractivity contribution in [2.24, 2.45) is 0 Å². The molecular weight excluding hydrogens is 417 g/mol. The molecule has 1 aliphatic heterocycles. The van der Waals surface area contributed by atoms with Crippen molar-refractivity contribution in [2.45, 2.75) is 20.5 Å². The van der Waals surface area contributed by atoms with Crippen LogP contribution >= 0.6 is 23.4 Å². The first-order chi connectivity index (χ1) is 13.9. The summed E-state index contributed by atoms with van der Waals surface area (Å²) >= 11 is 7.27. The summed E-state index contributed by atoms with van der Waals surface area (Å²) in [6.45, 7) is 4.22. The predicted octanol–water partition coefficient (Wildman–Crippen LogP) is 5.51. The first kappa shape index (κ1) is 21.2. The lowest BCUT2D eigenvalue weighted by Gasteiger charge is -2.15. The average Bonchev–Trinajstić information content (AvgIpc) is 2.95. The summed E-state index contributed by atoms with van der Waals surface area (Å²) < 4.78 is 25.2. The number of thioether (sulfide) groups is 1. The van der Waals surface area contributed by atoms with E-state index < -0.39 is 0 Å². The van der Waals surface area contributed by atoms with Gasteiger partial charge in [-0.25, -0.2) is 4.39 Å². The fraction of sp³-hybridized carbons (Fsp3) is 0.238. The molecule has 0 radical (unpaired) electrons. The molecule has 0 saturated carbocycles. The van der Waals surface area contributed by atoms with E-state index in [0.29, 0.717) is 34.9 Å². The molecular formula is C21H19ClFNO4S. The highest BCUT2D eigenvalue weighted by Gasteiger charge is 2.33. The molecule has 8 heteroatoms. The summed E-state index contributed by atoms with van der Waals surface area (Å²) in [6, 6.07) is 9.59. The second-order valence-corrected chi connectivity index (χ2v) is 7.47. The molecule has 0 N–H and O–H groups in total. The number of halogens is 2. The number of carbonyl (C=O) groups excluding carboxylic acids is 2. The van der Waals surface area contributed by atoms with Crippen molar-refractivity contribution >= 4 is 40.6 Å². The van der Waals surface area contributed by atoms with E-state index in [4.69, 9.17) is 21.1 Å². The average molecular weight is 436 g/mol. The smallest absolute Gasteiger partial charge is 0.293 e. The Labute approximate surface area is 177 Å². The van der Waals surface area contributed by atoms with Crippen LogP contribution in [-0.4, -0.2) is 29.2 Å². The summed E-state index contributed by atoms with van der Waals surface area (Å²) in [4.78, 5) is 25.7. The van der Waals surface area contributed by atoms with Crippen molar-refractivity contribution in [3.63, 3.8) is 0 Å². The summed E-state index contributed by atoms with van der Waals surface area (Å²) in [5, 5.41) is -0.0435.